The second-order valence-electron chi connectivity index (χ2n) is 7.08. The lowest BCUT2D eigenvalue weighted by atomic mass is 9.75. The number of rotatable bonds is 7. The molecule has 8 N–H and O–H groups in total. The Kier molecular flexibility index (Phi) is 6.72. The lowest BCUT2D eigenvalue weighted by Gasteiger charge is -2.37. The van der Waals surface area contributed by atoms with Crippen LogP contribution in [0.25, 0.3) is 0 Å². The molecule has 0 aromatic carbocycles. The molecule has 0 aliphatic carbocycles. The number of likely N-dealkylation sites (N-methyl/N-ethyl adjacent to an activating group) is 1. The number of carbonyl (C=O) groups excluding carboxylic acids is 4. The molecule has 2 fully saturated rings. The second kappa shape index (κ2) is 8.80. The van der Waals surface area contributed by atoms with Crippen molar-refractivity contribution in [3.63, 3.8) is 0 Å². The zero-order valence-electron chi connectivity index (χ0n) is 15.3. The molecule has 0 aromatic heterocycles. The van der Waals surface area contributed by atoms with Gasteiger partial charge < -0.3 is 27.8 Å². The average molecular weight is 381 g/mol. The van der Waals surface area contributed by atoms with Crippen LogP contribution in [0.15, 0.2) is 4.99 Å². The Hall–Kier alpha value is -2.69. The maximum absolute atomic E-state index is 13.1. The van der Waals surface area contributed by atoms with Crippen molar-refractivity contribution >= 4 is 29.5 Å². The first-order valence-electron chi connectivity index (χ1n) is 8.85. The third kappa shape index (κ3) is 5.39. The molecule has 27 heavy (non-hydrogen) atoms. The maximum atomic E-state index is 13.1. The predicted molar refractivity (Wildman–Crippen MR) is 97.1 cm³/mol. The molecule has 4 atom stereocenters. The number of nitrogens with zero attached hydrogens (tertiary/aromatic N) is 2. The summed E-state index contributed by atoms with van der Waals surface area (Å²) in [5.41, 5.74) is 15.9. The summed E-state index contributed by atoms with van der Waals surface area (Å²) in [5, 5.41) is 5.24. The van der Waals surface area contributed by atoms with Gasteiger partial charge in [-0.1, -0.05) is 0 Å². The fraction of sp³-hybridized carbons (Fsp3) is 0.688. The van der Waals surface area contributed by atoms with Gasteiger partial charge in [-0.05, 0) is 26.3 Å². The standard InChI is InChI=1S/C16H27N7O4/c1-23-6-11(21-12(24)7-23)13(25)9-5-10(14(17)26)22-15(27)8(9)3-2-4-20-16(18)19/h8-11H,2-7H2,1H3,(H2,17,26)(H,21,24)(H,22,27)(H4,18,19,20)/t8-,9?,10+,11+/m0/s1. The first kappa shape index (κ1) is 20.6. The number of piperidine rings is 1. The van der Waals surface area contributed by atoms with Crippen LogP contribution in [0.5, 0.6) is 0 Å². The third-order valence-corrected chi connectivity index (χ3v) is 4.89. The Morgan fingerprint density at radius 1 is 1.19 bits per heavy atom. The van der Waals surface area contributed by atoms with E-state index in [9.17, 15) is 19.2 Å². The molecule has 11 nitrogen and oxygen atoms in total. The Bertz CT molecular complexity index is 647. The number of Topliss-reactive ketones (excluding diaryl/α,β-unsaturated/α-hetero) is 1. The number of carbonyl (C=O) groups is 4. The monoisotopic (exact) mass is 381 g/mol. The highest BCUT2D eigenvalue weighted by Gasteiger charge is 2.44. The maximum Gasteiger partial charge on any atom is 0.240 e. The van der Waals surface area contributed by atoms with Gasteiger partial charge in [0, 0.05) is 24.9 Å². The van der Waals surface area contributed by atoms with Gasteiger partial charge >= 0.3 is 0 Å². The van der Waals surface area contributed by atoms with Crippen molar-refractivity contribution < 1.29 is 19.2 Å². The van der Waals surface area contributed by atoms with Gasteiger partial charge in [-0.2, -0.15) is 0 Å². The molecule has 1 unspecified atom stereocenters. The highest BCUT2D eigenvalue weighted by molar-refractivity contribution is 5.98. The number of guanidine groups is 1. The van der Waals surface area contributed by atoms with Gasteiger partial charge in [0.15, 0.2) is 11.7 Å². The minimum Gasteiger partial charge on any atom is -0.370 e. The molecule has 3 amide bonds. The van der Waals surface area contributed by atoms with Gasteiger partial charge in [-0.15, -0.1) is 0 Å². The van der Waals surface area contributed by atoms with Crippen molar-refractivity contribution in [1.29, 1.82) is 0 Å². The smallest absolute Gasteiger partial charge is 0.240 e. The number of primary amides is 1. The molecular weight excluding hydrogens is 354 g/mol. The molecule has 11 heteroatoms. The summed E-state index contributed by atoms with van der Waals surface area (Å²) in [6.07, 6.45) is 0.988. The number of nitrogens with two attached hydrogens (primary N) is 3. The molecular formula is C16H27N7O4. The van der Waals surface area contributed by atoms with E-state index in [4.69, 9.17) is 17.2 Å². The molecule has 2 saturated heterocycles. The average Bonchev–Trinajstić information content (AvgIpc) is 2.57. The van der Waals surface area contributed by atoms with E-state index in [1.807, 2.05) is 0 Å². The number of aliphatic imine (C=N–C) groups is 1. The molecule has 2 rings (SSSR count). The van der Waals surface area contributed by atoms with E-state index in [2.05, 4.69) is 15.6 Å². The van der Waals surface area contributed by atoms with Crippen LogP contribution in [0.2, 0.25) is 0 Å². The molecule has 2 aliphatic rings. The Labute approximate surface area is 157 Å². The van der Waals surface area contributed by atoms with Gasteiger partial charge in [0.25, 0.3) is 0 Å². The summed E-state index contributed by atoms with van der Waals surface area (Å²) in [6, 6.07) is -1.63. The van der Waals surface area contributed by atoms with E-state index >= 15 is 0 Å². The third-order valence-electron chi connectivity index (χ3n) is 4.89. The van der Waals surface area contributed by atoms with E-state index < -0.39 is 35.7 Å². The van der Waals surface area contributed by atoms with E-state index in [0.29, 0.717) is 25.9 Å². The highest BCUT2D eigenvalue weighted by Crippen LogP contribution is 2.29. The summed E-state index contributed by atoms with van der Waals surface area (Å²) >= 11 is 0. The van der Waals surface area contributed by atoms with Crippen molar-refractivity contribution in [2.24, 2.45) is 34.0 Å². The molecule has 150 valence electrons. The minimum absolute atomic E-state index is 0.0440. The summed E-state index contributed by atoms with van der Waals surface area (Å²) in [6.45, 7) is 0.889. The number of amides is 3. The van der Waals surface area contributed by atoms with Crippen LogP contribution >= 0.6 is 0 Å². The van der Waals surface area contributed by atoms with Crippen LogP contribution in [0, 0.1) is 11.8 Å². The highest BCUT2D eigenvalue weighted by atomic mass is 16.2. The summed E-state index contributed by atoms with van der Waals surface area (Å²) in [4.78, 5) is 54.5. The van der Waals surface area contributed by atoms with Crippen molar-refractivity contribution in [1.82, 2.24) is 15.5 Å². The number of nitrogens with one attached hydrogen (secondary N) is 2. The van der Waals surface area contributed by atoms with Gasteiger partial charge in [0.2, 0.25) is 17.7 Å². The molecule has 0 aromatic rings. The van der Waals surface area contributed by atoms with Crippen LogP contribution in [0.4, 0.5) is 0 Å². The number of hydrogen-bond acceptors (Lipinski definition) is 6. The van der Waals surface area contributed by atoms with Crippen molar-refractivity contribution in [2.75, 3.05) is 26.7 Å². The predicted octanol–water partition coefficient (Wildman–Crippen LogP) is -3.35. The Balaban J connectivity index is 2.15. The van der Waals surface area contributed by atoms with Crippen LogP contribution in [-0.2, 0) is 19.2 Å². The molecule has 0 saturated carbocycles. The van der Waals surface area contributed by atoms with E-state index in [0.717, 1.165) is 0 Å². The SMILES string of the molecule is CN1CC(=O)N[C@@H](C(=O)C2C[C@H](C(N)=O)NC(=O)[C@H]2CCCN=C(N)N)C1. The topological polar surface area (TPSA) is 186 Å². The molecule has 2 heterocycles. The second-order valence-corrected chi connectivity index (χ2v) is 7.08. The van der Waals surface area contributed by atoms with E-state index in [-0.39, 0.29) is 30.6 Å². The fourth-order valence-corrected chi connectivity index (χ4v) is 3.62. The summed E-state index contributed by atoms with van der Waals surface area (Å²) in [7, 11) is 1.74. The zero-order valence-corrected chi connectivity index (χ0v) is 15.3. The van der Waals surface area contributed by atoms with Gasteiger partial charge in [-0.25, -0.2) is 0 Å². The lowest BCUT2D eigenvalue weighted by molar-refractivity contribution is -0.143. The van der Waals surface area contributed by atoms with Crippen molar-refractivity contribution in [2.45, 2.75) is 31.3 Å². The summed E-state index contributed by atoms with van der Waals surface area (Å²) in [5.74, 6) is -2.99. The van der Waals surface area contributed by atoms with Crippen LogP contribution in [0.3, 0.4) is 0 Å². The zero-order chi connectivity index (χ0) is 20.1. The first-order valence-corrected chi connectivity index (χ1v) is 8.85. The lowest BCUT2D eigenvalue weighted by Crippen LogP contribution is -2.61. The number of ketones is 1. The quantitative estimate of drug-likeness (QED) is 0.173. The van der Waals surface area contributed by atoms with Crippen molar-refractivity contribution in [3.8, 4) is 0 Å². The van der Waals surface area contributed by atoms with Crippen LogP contribution in [-0.4, -0.2) is 73.1 Å². The van der Waals surface area contributed by atoms with Gasteiger partial charge in [0.1, 0.15) is 12.1 Å². The van der Waals surface area contributed by atoms with Gasteiger partial charge in [-0.3, -0.25) is 29.1 Å². The molecule has 0 bridgehead atoms. The van der Waals surface area contributed by atoms with Gasteiger partial charge in [0.05, 0.1) is 6.54 Å². The molecule has 0 spiro atoms. The van der Waals surface area contributed by atoms with E-state index in [1.165, 1.54) is 0 Å². The molecule has 2 aliphatic heterocycles. The number of piperazine rings is 1. The summed E-state index contributed by atoms with van der Waals surface area (Å²) < 4.78 is 0. The Morgan fingerprint density at radius 3 is 2.48 bits per heavy atom. The van der Waals surface area contributed by atoms with Crippen LogP contribution < -0.4 is 27.8 Å². The molecule has 0 radical (unpaired) electrons. The van der Waals surface area contributed by atoms with E-state index in [1.54, 1.807) is 11.9 Å². The Morgan fingerprint density at radius 2 is 1.89 bits per heavy atom. The first-order chi connectivity index (χ1) is 12.7. The van der Waals surface area contributed by atoms with Crippen LogP contribution in [0.1, 0.15) is 19.3 Å². The fourth-order valence-electron chi connectivity index (χ4n) is 3.62. The largest absolute Gasteiger partial charge is 0.370 e. The minimum atomic E-state index is -0.905. The number of hydrogen-bond donors (Lipinski definition) is 5. The van der Waals surface area contributed by atoms with Crippen molar-refractivity contribution in [3.05, 3.63) is 0 Å². The normalized spacial score (nSPS) is 28.8.